The van der Waals surface area contributed by atoms with Crippen LogP contribution in [0.5, 0.6) is 0 Å². The number of hydrogen-bond acceptors (Lipinski definition) is 2. The fourth-order valence-electron chi connectivity index (χ4n) is 3.30. The van der Waals surface area contributed by atoms with Crippen molar-refractivity contribution in [3.8, 4) is 0 Å². The third-order valence-electron chi connectivity index (χ3n) is 4.69. The number of aliphatic imine (C=N–C) groups is 1. The van der Waals surface area contributed by atoms with Crippen molar-refractivity contribution in [2.75, 3.05) is 26.2 Å². The number of aryl methyl sites for hydroxylation is 1. The van der Waals surface area contributed by atoms with Crippen molar-refractivity contribution in [1.29, 1.82) is 0 Å². The van der Waals surface area contributed by atoms with Crippen LogP contribution in [0.4, 0.5) is 0 Å². The lowest BCUT2D eigenvalue weighted by Gasteiger charge is -2.35. The zero-order valence-corrected chi connectivity index (χ0v) is 18.5. The fraction of sp³-hybridized carbons (Fsp3) is 0.650. The number of guanidine groups is 1. The molecule has 2 N–H and O–H groups in total. The first kappa shape index (κ1) is 22.2. The van der Waals surface area contributed by atoms with Crippen LogP contribution in [0.2, 0.25) is 0 Å². The second-order valence-corrected chi connectivity index (χ2v) is 7.16. The highest BCUT2D eigenvalue weighted by atomic mass is 127. The van der Waals surface area contributed by atoms with Gasteiger partial charge in [-0.1, -0.05) is 29.8 Å². The van der Waals surface area contributed by atoms with Crippen LogP contribution in [0, 0.1) is 12.8 Å². The van der Waals surface area contributed by atoms with Gasteiger partial charge in [0, 0.05) is 25.7 Å². The molecule has 2 rings (SSSR count). The average molecular weight is 458 g/mol. The van der Waals surface area contributed by atoms with Crippen LogP contribution in [-0.4, -0.2) is 43.1 Å². The molecule has 1 aliphatic rings. The summed E-state index contributed by atoms with van der Waals surface area (Å²) in [6, 6.07) is 9.22. The molecule has 1 aromatic carbocycles. The van der Waals surface area contributed by atoms with E-state index in [-0.39, 0.29) is 24.0 Å². The van der Waals surface area contributed by atoms with E-state index < -0.39 is 0 Å². The molecule has 1 heterocycles. The summed E-state index contributed by atoms with van der Waals surface area (Å²) in [6.07, 6.45) is 2.62. The van der Waals surface area contributed by atoms with Crippen molar-refractivity contribution >= 4 is 29.9 Å². The summed E-state index contributed by atoms with van der Waals surface area (Å²) in [4.78, 5) is 7.33. The van der Waals surface area contributed by atoms with Gasteiger partial charge in [-0.25, -0.2) is 4.99 Å². The van der Waals surface area contributed by atoms with E-state index in [9.17, 15) is 0 Å². The monoisotopic (exact) mass is 458 g/mol. The van der Waals surface area contributed by atoms with Crippen LogP contribution >= 0.6 is 24.0 Å². The normalized spacial score (nSPS) is 18.8. The number of piperidine rings is 1. The maximum atomic E-state index is 4.74. The van der Waals surface area contributed by atoms with Gasteiger partial charge in [0.05, 0.1) is 6.54 Å². The van der Waals surface area contributed by atoms with Crippen LogP contribution in [0.15, 0.2) is 29.3 Å². The summed E-state index contributed by atoms with van der Waals surface area (Å²) in [7, 11) is 0. The smallest absolute Gasteiger partial charge is 0.191 e. The van der Waals surface area contributed by atoms with Crippen LogP contribution in [0.3, 0.4) is 0 Å². The average Bonchev–Trinajstić information content (AvgIpc) is 2.57. The summed E-state index contributed by atoms with van der Waals surface area (Å²) >= 11 is 0. The second-order valence-electron chi connectivity index (χ2n) is 7.16. The van der Waals surface area contributed by atoms with Gasteiger partial charge in [-0.05, 0) is 58.6 Å². The first-order chi connectivity index (χ1) is 11.6. The van der Waals surface area contributed by atoms with Crippen LogP contribution in [0.1, 0.15) is 44.7 Å². The van der Waals surface area contributed by atoms with Crippen molar-refractivity contribution in [1.82, 2.24) is 15.5 Å². The van der Waals surface area contributed by atoms with E-state index in [2.05, 4.69) is 67.5 Å². The number of hydrogen-bond donors (Lipinski definition) is 2. The molecule has 25 heavy (non-hydrogen) atoms. The van der Waals surface area contributed by atoms with Gasteiger partial charge in [-0.15, -0.1) is 24.0 Å². The quantitative estimate of drug-likeness (QED) is 0.387. The Morgan fingerprint density at radius 3 is 2.80 bits per heavy atom. The zero-order valence-electron chi connectivity index (χ0n) is 16.2. The summed E-state index contributed by atoms with van der Waals surface area (Å²) in [5.74, 6) is 1.64. The minimum Gasteiger partial charge on any atom is -0.357 e. The number of nitrogens with zero attached hydrogens (tertiary/aromatic N) is 2. The topological polar surface area (TPSA) is 39.7 Å². The Morgan fingerprint density at radius 2 is 2.12 bits per heavy atom. The molecular formula is C20H35IN4. The Morgan fingerprint density at radius 1 is 1.32 bits per heavy atom. The van der Waals surface area contributed by atoms with Gasteiger partial charge in [0.25, 0.3) is 0 Å². The van der Waals surface area contributed by atoms with E-state index >= 15 is 0 Å². The molecule has 0 aliphatic carbocycles. The molecule has 1 unspecified atom stereocenters. The molecule has 4 nitrogen and oxygen atoms in total. The SMILES string of the molecule is CCNC(=NCc1cccc(C)c1)NCC1CCCN(C(C)C)C1.I. The highest BCUT2D eigenvalue weighted by Gasteiger charge is 2.21. The van der Waals surface area contributed by atoms with Crippen LogP contribution in [0.25, 0.3) is 0 Å². The molecule has 0 aromatic heterocycles. The summed E-state index contributed by atoms with van der Waals surface area (Å²) in [5, 5.41) is 6.91. The Bertz CT molecular complexity index is 530. The Labute approximate surface area is 170 Å². The lowest BCUT2D eigenvalue weighted by atomic mass is 9.97. The van der Waals surface area contributed by atoms with Crippen molar-refractivity contribution in [3.63, 3.8) is 0 Å². The molecule has 1 fully saturated rings. The molecule has 0 saturated carbocycles. The number of benzene rings is 1. The summed E-state index contributed by atoms with van der Waals surface area (Å²) in [5.41, 5.74) is 2.55. The van der Waals surface area contributed by atoms with Crippen molar-refractivity contribution in [2.24, 2.45) is 10.9 Å². The minimum atomic E-state index is 0. The Balaban J connectivity index is 0.00000312. The van der Waals surface area contributed by atoms with E-state index in [0.29, 0.717) is 12.0 Å². The van der Waals surface area contributed by atoms with Gasteiger partial charge < -0.3 is 15.5 Å². The second kappa shape index (κ2) is 11.7. The first-order valence-electron chi connectivity index (χ1n) is 9.40. The maximum absolute atomic E-state index is 4.74. The van der Waals surface area contributed by atoms with Gasteiger partial charge >= 0.3 is 0 Å². The highest BCUT2D eigenvalue weighted by molar-refractivity contribution is 14.0. The number of likely N-dealkylation sites (tertiary alicyclic amines) is 1. The summed E-state index contributed by atoms with van der Waals surface area (Å²) in [6.45, 7) is 13.9. The van der Waals surface area contributed by atoms with E-state index in [1.807, 2.05) is 0 Å². The van der Waals surface area contributed by atoms with Gasteiger partial charge in [0.1, 0.15) is 0 Å². The standard InChI is InChI=1S/C20H34N4.HI/c1-5-21-20(22-13-18-9-6-8-17(4)12-18)23-14-19-10-7-11-24(15-19)16(2)3;/h6,8-9,12,16,19H,5,7,10-11,13-15H2,1-4H3,(H2,21,22,23);1H. The molecule has 0 amide bonds. The molecule has 5 heteroatoms. The molecule has 1 atom stereocenters. The van der Waals surface area contributed by atoms with Crippen molar-refractivity contribution in [2.45, 2.75) is 53.1 Å². The number of rotatable bonds is 6. The molecule has 1 aliphatic heterocycles. The fourth-order valence-corrected chi connectivity index (χ4v) is 3.30. The molecule has 1 aromatic rings. The van der Waals surface area contributed by atoms with Crippen molar-refractivity contribution < 1.29 is 0 Å². The predicted molar refractivity (Wildman–Crippen MR) is 119 cm³/mol. The highest BCUT2D eigenvalue weighted by Crippen LogP contribution is 2.17. The van der Waals surface area contributed by atoms with Gasteiger partial charge in [-0.3, -0.25) is 0 Å². The molecule has 1 saturated heterocycles. The number of nitrogens with one attached hydrogen (secondary N) is 2. The van der Waals surface area contributed by atoms with Crippen LogP contribution in [-0.2, 0) is 6.54 Å². The van der Waals surface area contributed by atoms with Gasteiger partial charge in [0.2, 0.25) is 0 Å². The molecule has 0 bridgehead atoms. The molecule has 0 spiro atoms. The third-order valence-corrected chi connectivity index (χ3v) is 4.69. The Hall–Kier alpha value is -0.820. The number of halogens is 1. The van der Waals surface area contributed by atoms with Crippen LogP contribution < -0.4 is 10.6 Å². The lowest BCUT2D eigenvalue weighted by molar-refractivity contribution is 0.141. The van der Waals surface area contributed by atoms with E-state index in [1.54, 1.807) is 0 Å². The molecule has 142 valence electrons. The first-order valence-corrected chi connectivity index (χ1v) is 9.40. The maximum Gasteiger partial charge on any atom is 0.191 e. The summed E-state index contributed by atoms with van der Waals surface area (Å²) < 4.78 is 0. The van der Waals surface area contributed by atoms with Gasteiger partial charge in [-0.2, -0.15) is 0 Å². The lowest BCUT2D eigenvalue weighted by Crippen LogP contribution is -2.46. The predicted octanol–water partition coefficient (Wildman–Crippen LogP) is 3.79. The Kier molecular flexibility index (Phi) is 10.4. The third kappa shape index (κ3) is 7.94. The van der Waals surface area contributed by atoms with Gasteiger partial charge in [0.15, 0.2) is 5.96 Å². The van der Waals surface area contributed by atoms with Crippen molar-refractivity contribution in [3.05, 3.63) is 35.4 Å². The minimum absolute atomic E-state index is 0. The van der Waals surface area contributed by atoms with E-state index in [4.69, 9.17) is 4.99 Å². The molecular weight excluding hydrogens is 423 g/mol. The van der Waals surface area contributed by atoms with E-state index in [0.717, 1.165) is 25.6 Å². The van der Waals surface area contributed by atoms with E-state index in [1.165, 1.54) is 37.1 Å². The largest absolute Gasteiger partial charge is 0.357 e. The molecule has 0 radical (unpaired) electrons. The zero-order chi connectivity index (χ0) is 17.4.